The fourth-order valence-electron chi connectivity index (χ4n) is 3.07. The number of halogens is 2. The van der Waals surface area contributed by atoms with Gasteiger partial charge in [0, 0.05) is 0 Å². The quantitative estimate of drug-likeness (QED) is 0.295. The summed E-state index contributed by atoms with van der Waals surface area (Å²) in [5.74, 6) is 0. The monoisotopic (exact) mass is 358 g/mol. The van der Waals surface area contributed by atoms with E-state index in [1.807, 2.05) is 0 Å². The lowest BCUT2D eigenvalue weighted by Gasteiger charge is -2.37. The third-order valence-electron chi connectivity index (χ3n) is 3.71. The average molecular weight is 359 g/mol. The third-order valence-corrected chi connectivity index (χ3v) is 12.0. The summed E-state index contributed by atoms with van der Waals surface area (Å²) in [5, 5.41) is 0. The highest BCUT2D eigenvalue weighted by Crippen LogP contribution is 2.64. The van der Waals surface area contributed by atoms with E-state index in [4.69, 9.17) is 23.2 Å². The maximum atomic E-state index is 6.74. The van der Waals surface area contributed by atoms with Crippen molar-refractivity contribution in [1.82, 2.24) is 0 Å². The normalized spacial score (nSPS) is 13.8. The van der Waals surface area contributed by atoms with Gasteiger partial charge in [-0.05, 0) is 41.6 Å². The third kappa shape index (κ3) is 7.13. The van der Waals surface area contributed by atoms with Crippen LogP contribution in [-0.4, -0.2) is 32.9 Å². The van der Waals surface area contributed by atoms with Gasteiger partial charge in [0.05, 0.1) is 0 Å². The first-order valence-corrected chi connectivity index (χ1v) is 11.8. The van der Waals surface area contributed by atoms with Crippen LogP contribution in [0.2, 0.25) is 0 Å². The summed E-state index contributed by atoms with van der Waals surface area (Å²) in [6, 6.07) is 0. The lowest BCUT2D eigenvalue weighted by molar-refractivity contribution is 0.799. The second-order valence-corrected chi connectivity index (χ2v) is 16.0. The van der Waals surface area contributed by atoms with Crippen molar-refractivity contribution in [2.24, 2.45) is 0 Å². The predicted octanol–water partition coefficient (Wildman–Crippen LogP) is 7.50. The van der Waals surface area contributed by atoms with E-state index in [0.717, 1.165) is 17.7 Å². The SMILES string of the molecule is CC(C)P(CCCC(Cl)(Cl)P(C(C)C)C(C)C)C(C)C. The van der Waals surface area contributed by atoms with Gasteiger partial charge in [0.25, 0.3) is 0 Å². The van der Waals surface area contributed by atoms with Gasteiger partial charge in [-0.15, -0.1) is 7.92 Å². The predicted molar refractivity (Wildman–Crippen MR) is 103 cm³/mol. The fraction of sp³-hybridized carbons (Fsp3) is 1.00. The summed E-state index contributed by atoms with van der Waals surface area (Å²) >= 11 is 13.5. The molecule has 0 aromatic heterocycles. The molecule has 20 heavy (non-hydrogen) atoms. The molecule has 0 radical (unpaired) electrons. The first-order chi connectivity index (χ1) is 9.00. The van der Waals surface area contributed by atoms with Crippen LogP contribution >= 0.6 is 39.0 Å². The average Bonchev–Trinajstić information content (AvgIpc) is 2.20. The zero-order valence-electron chi connectivity index (χ0n) is 14.6. The molecule has 0 nitrogen and oxygen atoms in total. The van der Waals surface area contributed by atoms with E-state index >= 15 is 0 Å². The minimum Gasteiger partial charge on any atom is -0.101 e. The van der Waals surface area contributed by atoms with Crippen molar-refractivity contribution in [1.29, 1.82) is 0 Å². The topological polar surface area (TPSA) is 0 Å². The van der Waals surface area contributed by atoms with Crippen LogP contribution in [0, 0.1) is 0 Å². The zero-order valence-corrected chi connectivity index (χ0v) is 17.9. The molecule has 0 aromatic rings. The lowest BCUT2D eigenvalue weighted by Crippen LogP contribution is -2.21. The number of alkyl halides is 2. The Balaban J connectivity index is 4.54. The Morgan fingerprint density at radius 3 is 1.45 bits per heavy atom. The Hall–Kier alpha value is 1.44. The van der Waals surface area contributed by atoms with Gasteiger partial charge in [0.15, 0.2) is 0 Å². The highest BCUT2D eigenvalue weighted by atomic mass is 35.5. The molecule has 0 aliphatic heterocycles. The zero-order chi connectivity index (χ0) is 16.1. The van der Waals surface area contributed by atoms with Crippen LogP contribution in [0.4, 0.5) is 0 Å². The summed E-state index contributed by atoms with van der Waals surface area (Å²) in [7, 11) is -0.237. The number of hydrogen-bond donors (Lipinski definition) is 0. The van der Waals surface area contributed by atoms with Gasteiger partial charge in [0.2, 0.25) is 0 Å². The van der Waals surface area contributed by atoms with Crippen LogP contribution < -0.4 is 0 Å². The Morgan fingerprint density at radius 2 is 1.15 bits per heavy atom. The van der Waals surface area contributed by atoms with Gasteiger partial charge in [-0.3, -0.25) is 0 Å². The van der Waals surface area contributed by atoms with Gasteiger partial charge in [-0.25, -0.2) is 0 Å². The molecule has 122 valence electrons. The summed E-state index contributed by atoms with van der Waals surface area (Å²) in [6.07, 6.45) is 3.44. The van der Waals surface area contributed by atoms with E-state index in [0.29, 0.717) is 11.3 Å². The van der Waals surface area contributed by atoms with Gasteiger partial charge in [0.1, 0.15) is 4.07 Å². The van der Waals surface area contributed by atoms with Crippen LogP contribution in [0.3, 0.4) is 0 Å². The van der Waals surface area contributed by atoms with Crippen LogP contribution in [0.1, 0.15) is 68.2 Å². The molecule has 4 heteroatoms. The maximum absolute atomic E-state index is 6.74. The van der Waals surface area contributed by atoms with Crippen LogP contribution in [0.25, 0.3) is 0 Å². The molecule has 0 N–H and O–H groups in total. The van der Waals surface area contributed by atoms with Gasteiger partial charge in [-0.1, -0.05) is 86.5 Å². The molecular weight excluding hydrogens is 325 g/mol. The van der Waals surface area contributed by atoms with E-state index in [9.17, 15) is 0 Å². The molecule has 0 spiro atoms. The molecule has 0 aliphatic rings. The van der Waals surface area contributed by atoms with Crippen molar-refractivity contribution >= 4 is 39.0 Å². The molecule has 0 saturated heterocycles. The molecule has 0 fully saturated rings. The molecule has 0 saturated carbocycles. The number of rotatable bonds is 9. The fourth-order valence-corrected chi connectivity index (χ4v) is 11.5. The molecule has 0 rings (SSSR count). The van der Waals surface area contributed by atoms with E-state index in [2.05, 4.69) is 55.4 Å². The molecule has 0 heterocycles. The van der Waals surface area contributed by atoms with Crippen molar-refractivity contribution in [2.75, 3.05) is 6.16 Å². The summed E-state index contributed by atoms with van der Waals surface area (Å²) in [4.78, 5) is 0. The Bertz CT molecular complexity index is 247. The molecule has 0 atom stereocenters. The molecule has 0 aliphatic carbocycles. The molecule has 0 bridgehead atoms. The highest BCUT2D eigenvalue weighted by Gasteiger charge is 2.38. The van der Waals surface area contributed by atoms with Gasteiger partial charge >= 0.3 is 0 Å². The minimum atomic E-state index is -0.507. The maximum Gasteiger partial charge on any atom is 0.137 e. The Labute approximate surface area is 140 Å². The van der Waals surface area contributed by atoms with Crippen molar-refractivity contribution < 1.29 is 0 Å². The van der Waals surface area contributed by atoms with E-state index < -0.39 is 4.07 Å². The lowest BCUT2D eigenvalue weighted by atomic mass is 10.4. The standard InChI is InChI=1S/C16H34Cl2P2/c1-12(2)19(13(3)4)11-9-10-16(17,18)20(14(5)6)15(7)8/h12-15H,9-11H2,1-8H3. The first kappa shape index (κ1) is 21.4. The molecule has 0 amide bonds. The van der Waals surface area contributed by atoms with Gasteiger partial charge in [-0.2, -0.15) is 0 Å². The molecular formula is C16H34Cl2P2. The highest BCUT2D eigenvalue weighted by molar-refractivity contribution is 7.64. The van der Waals surface area contributed by atoms with Crippen molar-refractivity contribution in [2.45, 2.75) is 94.9 Å². The second kappa shape index (κ2) is 9.55. The van der Waals surface area contributed by atoms with E-state index in [-0.39, 0.29) is 15.8 Å². The van der Waals surface area contributed by atoms with Crippen molar-refractivity contribution in [3.8, 4) is 0 Å². The van der Waals surface area contributed by atoms with E-state index in [1.165, 1.54) is 12.6 Å². The largest absolute Gasteiger partial charge is 0.137 e. The summed E-state index contributed by atoms with van der Waals surface area (Å²) < 4.78 is -0.507. The van der Waals surface area contributed by atoms with Crippen molar-refractivity contribution in [3.63, 3.8) is 0 Å². The molecule has 0 unspecified atom stereocenters. The summed E-state index contributed by atoms with van der Waals surface area (Å²) in [5.41, 5.74) is 2.80. The van der Waals surface area contributed by atoms with Crippen molar-refractivity contribution in [3.05, 3.63) is 0 Å². The van der Waals surface area contributed by atoms with Crippen LogP contribution in [-0.2, 0) is 0 Å². The molecule has 0 aromatic carbocycles. The number of hydrogen-bond acceptors (Lipinski definition) is 0. The minimum absolute atomic E-state index is 0.108. The summed E-state index contributed by atoms with van der Waals surface area (Å²) in [6.45, 7) is 18.5. The Morgan fingerprint density at radius 1 is 0.750 bits per heavy atom. The smallest absolute Gasteiger partial charge is 0.101 e. The Kier molecular flexibility index (Phi) is 10.2. The van der Waals surface area contributed by atoms with Crippen LogP contribution in [0.5, 0.6) is 0 Å². The van der Waals surface area contributed by atoms with Crippen LogP contribution in [0.15, 0.2) is 0 Å². The van der Waals surface area contributed by atoms with E-state index in [1.54, 1.807) is 0 Å². The van der Waals surface area contributed by atoms with Gasteiger partial charge < -0.3 is 0 Å². The first-order valence-electron chi connectivity index (χ1n) is 7.92. The second-order valence-electron chi connectivity index (χ2n) is 6.79.